The third-order valence-electron chi connectivity index (χ3n) is 2.20. The highest BCUT2D eigenvalue weighted by molar-refractivity contribution is 7.87. The summed E-state index contributed by atoms with van der Waals surface area (Å²) in [6, 6.07) is 4.37. The van der Waals surface area contributed by atoms with Crippen molar-refractivity contribution in [1.82, 2.24) is 9.03 Å². The Labute approximate surface area is 106 Å². The van der Waals surface area contributed by atoms with Crippen molar-refractivity contribution in [1.29, 1.82) is 0 Å². The maximum atomic E-state index is 13.4. The normalized spacial score (nSPS) is 12.1. The van der Waals surface area contributed by atoms with Gasteiger partial charge >= 0.3 is 0 Å². The number of rotatable bonds is 5. The van der Waals surface area contributed by atoms with Gasteiger partial charge in [-0.15, -0.1) is 0 Å². The van der Waals surface area contributed by atoms with Crippen LogP contribution >= 0.6 is 11.6 Å². The number of nitrogens with zero attached hydrogens (tertiary/aromatic N) is 1. The van der Waals surface area contributed by atoms with Crippen molar-refractivity contribution in [3.05, 3.63) is 34.6 Å². The molecular weight excluding hydrogens is 267 g/mol. The lowest BCUT2D eigenvalue weighted by atomic mass is 10.1. The largest absolute Gasteiger partial charge is 0.278 e. The lowest BCUT2D eigenvalue weighted by Crippen LogP contribution is -2.36. The zero-order valence-corrected chi connectivity index (χ0v) is 11.1. The minimum Gasteiger partial charge on any atom is -0.207 e. The Kier molecular flexibility index (Phi) is 4.88. The first-order chi connectivity index (χ1) is 7.84. The molecule has 0 aliphatic rings. The standard InChI is InChI=1S/C10H14ClFN2O2S/c1-14(2)17(15,16)13-7-6-8-9(11)4-3-5-10(8)12/h3-5,13H,6-7H2,1-2H3. The molecule has 1 aromatic rings. The van der Waals surface area contributed by atoms with Gasteiger partial charge in [0, 0.05) is 31.2 Å². The zero-order valence-electron chi connectivity index (χ0n) is 9.57. The van der Waals surface area contributed by atoms with Crippen molar-refractivity contribution in [3.8, 4) is 0 Å². The highest BCUT2D eigenvalue weighted by atomic mass is 35.5. The van der Waals surface area contributed by atoms with Gasteiger partial charge in [-0.05, 0) is 18.6 Å². The summed E-state index contributed by atoms with van der Waals surface area (Å²) >= 11 is 5.81. The van der Waals surface area contributed by atoms with Gasteiger partial charge in [0.1, 0.15) is 5.82 Å². The van der Waals surface area contributed by atoms with E-state index in [2.05, 4.69) is 4.72 Å². The van der Waals surface area contributed by atoms with Gasteiger partial charge in [0.25, 0.3) is 10.2 Å². The molecule has 96 valence electrons. The van der Waals surface area contributed by atoms with Crippen molar-refractivity contribution in [2.24, 2.45) is 0 Å². The molecular formula is C10H14ClFN2O2S. The molecule has 0 atom stereocenters. The first-order valence-corrected chi connectivity index (χ1v) is 6.76. The van der Waals surface area contributed by atoms with Crippen molar-refractivity contribution >= 4 is 21.8 Å². The Bertz CT molecular complexity index is 471. The lowest BCUT2D eigenvalue weighted by Gasteiger charge is -2.12. The monoisotopic (exact) mass is 280 g/mol. The summed E-state index contributed by atoms with van der Waals surface area (Å²) in [7, 11) is -0.646. The molecule has 7 heteroatoms. The molecule has 0 aromatic heterocycles. The number of halogens is 2. The van der Waals surface area contributed by atoms with Gasteiger partial charge in [-0.1, -0.05) is 17.7 Å². The number of hydrogen-bond acceptors (Lipinski definition) is 2. The molecule has 0 aliphatic carbocycles. The van der Waals surface area contributed by atoms with Crippen molar-refractivity contribution < 1.29 is 12.8 Å². The molecule has 1 rings (SSSR count). The minimum absolute atomic E-state index is 0.0984. The molecule has 0 radical (unpaired) electrons. The summed E-state index contributed by atoms with van der Waals surface area (Å²) in [6.07, 6.45) is 0.207. The van der Waals surface area contributed by atoms with E-state index in [1.807, 2.05) is 0 Å². The molecule has 0 saturated heterocycles. The Morgan fingerprint density at radius 3 is 2.59 bits per heavy atom. The van der Waals surface area contributed by atoms with Gasteiger partial charge in [0.15, 0.2) is 0 Å². The summed E-state index contributed by atoms with van der Waals surface area (Å²) in [5.74, 6) is -0.429. The van der Waals surface area contributed by atoms with Crippen LogP contribution < -0.4 is 4.72 Å². The second-order valence-corrected chi connectivity index (χ2v) is 6.01. The molecule has 0 fully saturated rings. The second kappa shape index (κ2) is 5.77. The van der Waals surface area contributed by atoms with Gasteiger partial charge in [-0.3, -0.25) is 0 Å². The minimum atomic E-state index is -3.48. The maximum absolute atomic E-state index is 13.4. The van der Waals surface area contributed by atoms with Crippen LogP contribution in [0.4, 0.5) is 4.39 Å². The van der Waals surface area contributed by atoms with E-state index in [0.717, 1.165) is 4.31 Å². The summed E-state index contributed by atoms with van der Waals surface area (Å²) < 4.78 is 39.5. The van der Waals surface area contributed by atoms with Crippen molar-refractivity contribution in [2.45, 2.75) is 6.42 Å². The van der Waals surface area contributed by atoms with Crippen LogP contribution in [0, 0.1) is 5.82 Å². The van der Waals surface area contributed by atoms with Crippen LogP contribution in [0.2, 0.25) is 5.02 Å². The highest BCUT2D eigenvalue weighted by Gasteiger charge is 2.13. The molecule has 0 spiro atoms. The summed E-state index contributed by atoms with van der Waals surface area (Å²) in [5, 5.41) is 0.300. The molecule has 4 nitrogen and oxygen atoms in total. The average molecular weight is 281 g/mol. The molecule has 1 N–H and O–H groups in total. The molecule has 0 unspecified atom stereocenters. The Balaban J connectivity index is 2.64. The number of benzene rings is 1. The van der Waals surface area contributed by atoms with Crippen LogP contribution in [0.25, 0.3) is 0 Å². The van der Waals surface area contributed by atoms with Crippen LogP contribution in [0.1, 0.15) is 5.56 Å². The number of nitrogens with one attached hydrogen (secondary N) is 1. The summed E-state index contributed by atoms with van der Waals surface area (Å²) in [6.45, 7) is 0.0984. The van der Waals surface area contributed by atoms with E-state index >= 15 is 0 Å². The van der Waals surface area contributed by atoms with Crippen LogP contribution in [-0.2, 0) is 16.6 Å². The van der Waals surface area contributed by atoms with E-state index in [0.29, 0.717) is 10.6 Å². The van der Waals surface area contributed by atoms with E-state index < -0.39 is 16.0 Å². The van der Waals surface area contributed by atoms with E-state index in [1.54, 1.807) is 6.07 Å². The highest BCUT2D eigenvalue weighted by Crippen LogP contribution is 2.18. The third-order valence-corrected chi connectivity index (χ3v) is 4.09. The Morgan fingerprint density at radius 2 is 2.06 bits per heavy atom. The maximum Gasteiger partial charge on any atom is 0.278 e. The first-order valence-electron chi connectivity index (χ1n) is 4.94. The van der Waals surface area contributed by atoms with Crippen LogP contribution in [0.5, 0.6) is 0 Å². The van der Waals surface area contributed by atoms with E-state index in [9.17, 15) is 12.8 Å². The van der Waals surface area contributed by atoms with Crippen LogP contribution in [-0.4, -0.2) is 33.4 Å². The fourth-order valence-electron chi connectivity index (χ4n) is 1.21. The van der Waals surface area contributed by atoms with E-state index in [-0.39, 0.29) is 13.0 Å². The number of hydrogen-bond donors (Lipinski definition) is 1. The van der Waals surface area contributed by atoms with Crippen LogP contribution in [0.3, 0.4) is 0 Å². The van der Waals surface area contributed by atoms with E-state index in [1.165, 1.54) is 26.2 Å². The molecule has 0 aliphatic heterocycles. The van der Waals surface area contributed by atoms with Crippen LogP contribution in [0.15, 0.2) is 18.2 Å². The quantitative estimate of drug-likeness (QED) is 0.887. The zero-order chi connectivity index (χ0) is 13.1. The molecule has 0 amide bonds. The van der Waals surface area contributed by atoms with E-state index in [4.69, 9.17) is 11.6 Å². The molecule has 0 heterocycles. The van der Waals surface area contributed by atoms with Gasteiger partial charge in [-0.2, -0.15) is 12.7 Å². The van der Waals surface area contributed by atoms with Gasteiger partial charge in [0.2, 0.25) is 0 Å². The fraction of sp³-hybridized carbons (Fsp3) is 0.400. The summed E-state index contributed by atoms with van der Waals surface area (Å²) in [4.78, 5) is 0. The third kappa shape index (κ3) is 3.92. The molecule has 17 heavy (non-hydrogen) atoms. The fourth-order valence-corrected chi connectivity index (χ4v) is 2.08. The predicted molar refractivity (Wildman–Crippen MR) is 65.7 cm³/mol. The SMILES string of the molecule is CN(C)S(=O)(=O)NCCc1c(F)cccc1Cl. The Morgan fingerprint density at radius 1 is 1.41 bits per heavy atom. The Hall–Kier alpha value is -0.690. The lowest BCUT2D eigenvalue weighted by molar-refractivity contribution is 0.505. The smallest absolute Gasteiger partial charge is 0.207 e. The molecule has 0 saturated carbocycles. The summed E-state index contributed by atoms with van der Waals surface area (Å²) in [5.41, 5.74) is 0.315. The van der Waals surface area contributed by atoms with Gasteiger partial charge in [-0.25, -0.2) is 9.11 Å². The van der Waals surface area contributed by atoms with Crippen molar-refractivity contribution in [2.75, 3.05) is 20.6 Å². The molecule has 0 bridgehead atoms. The second-order valence-electron chi connectivity index (χ2n) is 3.63. The first kappa shape index (κ1) is 14.4. The topological polar surface area (TPSA) is 49.4 Å². The van der Waals surface area contributed by atoms with Gasteiger partial charge in [0.05, 0.1) is 0 Å². The average Bonchev–Trinajstić information content (AvgIpc) is 2.22. The predicted octanol–water partition coefficient (Wildman–Crippen LogP) is 1.42. The molecule has 1 aromatic carbocycles. The van der Waals surface area contributed by atoms with Gasteiger partial charge < -0.3 is 0 Å². The van der Waals surface area contributed by atoms with Crippen molar-refractivity contribution in [3.63, 3.8) is 0 Å².